The number of alkyl carbamates (subject to hydrolysis) is 1. The van der Waals surface area contributed by atoms with E-state index in [1.54, 1.807) is 48.5 Å². The van der Waals surface area contributed by atoms with Gasteiger partial charge in [0.05, 0.1) is 5.69 Å². The molecule has 0 saturated heterocycles. The normalized spacial score (nSPS) is 12.1. The number of carbonyl (C=O) groups excluding carboxylic acids is 1. The molecule has 0 bridgehead atoms. The molecule has 2 aromatic carbocycles. The van der Waals surface area contributed by atoms with E-state index < -0.39 is 19.5 Å². The van der Waals surface area contributed by atoms with E-state index in [-0.39, 0.29) is 19.0 Å². The molecular weight excluding hydrogens is 371 g/mol. The lowest BCUT2D eigenvalue weighted by Gasteiger charge is -2.20. The van der Waals surface area contributed by atoms with Crippen molar-refractivity contribution in [3.63, 3.8) is 0 Å². The van der Waals surface area contributed by atoms with Gasteiger partial charge < -0.3 is 31.3 Å². The topological polar surface area (TPSA) is 160 Å². The van der Waals surface area contributed by atoms with Gasteiger partial charge in [-0.2, -0.15) is 0 Å². The fourth-order valence-electron chi connectivity index (χ4n) is 2.23. The number of carbonyl (C=O) groups is 1. The Morgan fingerprint density at radius 3 is 2.26 bits per heavy atom. The Bertz CT molecular complexity index is 832. The maximum atomic E-state index is 11.9. The number of hydrogen-bond acceptors (Lipinski definition) is 4. The van der Waals surface area contributed by atoms with Crippen LogP contribution in [-0.4, -0.2) is 27.6 Å². The summed E-state index contributed by atoms with van der Waals surface area (Å²) < 4.78 is 16.7. The van der Waals surface area contributed by atoms with Crippen molar-refractivity contribution in [1.82, 2.24) is 5.32 Å². The smallest absolute Gasteiger partial charge is 0.408 e. The monoisotopic (exact) mass is 392 g/mol. The first-order valence-electron chi connectivity index (χ1n) is 7.95. The van der Waals surface area contributed by atoms with Crippen molar-refractivity contribution < 1.29 is 23.9 Å². The summed E-state index contributed by atoms with van der Waals surface area (Å²) in [5.41, 5.74) is 12.4. The lowest BCUT2D eigenvalue weighted by Crippen LogP contribution is -2.36. The fraction of sp³-hybridized carbons (Fsp3) is 0.176. The molecule has 7 N–H and O–H groups in total. The van der Waals surface area contributed by atoms with E-state index >= 15 is 0 Å². The van der Waals surface area contributed by atoms with E-state index in [9.17, 15) is 19.1 Å². The first-order valence-corrected chi connectivity index (χ1v) is 9.63. The van der Waals surface area contributed by atoms with E-state index in [4.69, 9.17) is 16.2 Å². The Labute approximate surface area is 156 Å². The van der Waals surface area contributed by atoms with Crippen LogP contribution in [-0.2, 0) is 22.3 Å². The number of rotatable bonds is 7. The van der Waals surface area contributed by atoms with Crippen LogP contribution in [0.3, 0.4) is 0 Å². The number of hydrogen-bond donors (Lipinski definition) is 5. The third-order valence-electron chi connectivity index (χ3n) is 3.53. The minimum absolute atomic E-state index is 0.00619. The average molecular weight is 392 g/mol. The van der Waals surface area contributed by atoms with E-state index in [2.05, 4.69) is 10.3 Å². The molecule has 1 atom stereocenters. The quantitative estimate of drug-likeness (QED) is 0.271. The van der Waals surface area contributed by atoms with Crippen LogP contribution in [0.25, 0.3) is 0 Å². The SMILES string of the molecule is NC(N)=Nc1ccc(CC(NC(=O)OCc2ccccc2)P(=O)(O)O)cc1. The van der Waals surface area contributed by atoms with Gasteiger partial charge >= 0.3 is 13.7 Å². The van der Waals surface area contributed by atoms with Crippen LogP contribution < -0.4 is 16.8 Å². The zero-order valence-electron chi connectivity index (χ0n) is 14.4. The number of amides is 1. The molecule has 9 nitrogen and oxygen atoms in total. The summed E-state index contributed by atoms with van der Waals surface area (Å²) in [6.45, 7) is -0.00619. The van der Waals surface area contributed by atoms with Gasteiger partial charge in [0.1, 0.15) is 12.4 Å². The van der Waals surface area contributed by atoms with Crippen molar-refractivity contribution in [3.05, 3.63) is 65.7 Å². The first kappa shape index (κ1) is 20.4. The van der Waals surface area contributed by atoms with Crippen LogP contribution in [0.15, 0.2) is 59.6 Å². The van der Waals surface area contributed by atoms with Crippen molar-refractivity contribution in [3.8, 4) is 0 Å². The van der Waals surface area contributed by atoms with Gasteiger partial charge in [-0.3, -0.25) is 4.57 Å². The second-order valence-corrected chi connectivity index (χ2v) is 7.52. The fourth-order valence-corrected chi connectivity index (χ4v) is 2.96. The summed E-state index contributed by atoms with van der Waals surface area (Å²) in [4.78, 5) is 34.8. The summed E-state index contributed by atoms with van der Waals surface area (Å²) in [6, 6.07) is 15.4. The number of aliphatic imine (C=N–C) groups is 1. The van der Waals surface area contributed by atoms with Crippen LogP contribution in [0, 0.1) is 0 Å². The second kappa shape index (κ2) is 9.18. The van der Waals surface area contributed by atoms with E-state index in [1.165, 1.54) is 0 Å². The minimum atomic E-state index is -4.60. The number of nitrogens with zero attached hydrogens (tertiary/aromatic N) is 1. The highest BCUT2D eigenvalue weighted by Gasteiger charge is 2.31. The molecule has 27 heavy (non-hydrogen) atoms. The van der Waals surface area contributed by atoms with Crippen LogP contribution in [0.4, 0.5) is 10.5 Å². The van der Waals surface area contributed by atoms with Gasteiger partial charge in [-0.15, -0.1) is 0 Å². The van der Waals surface area contributed by atoms with Gasteiger partial charge in [0, 0.05) is 6.42 Å². The summed E-state index contributed by atoms with van der Waals surface area (Å²) >= 11 is 0. The van der Waals surface area contributed by atoms with Crippen LogP contribution in [0.2, 0.25) is 0 Å². The van der Waals surface area contributed by atoms with Crippen molar-refractivity contribution in [2.45, 2.75) is 18.8 Å². The first-order chi connectivity index (χ1) is 12.7. The van der Waals surface area contributed by atoms with Gasteiger partial charge in [-0.05, 0) is 23.3 Å². The zero-order chi connectivity index (χ0) is 19.9. The summed E-state index contributed by atoms with van der Waals surface area (Å²) in [5, 5.41) is 2.23. The van der Waals surface area contributed by atoms with Crippen LogP contribution in [0.1, 0.15) is 11.1 Å². The molecule has 0 radical (unpaired) electrons. The van der Waals surface area contributed by atoms with E-state index in [0.29, 0.717) is 11.3 Å². The molecule has 0 fully saturated rings. The number of benzene rings is 2. The Morgan fingerprint density at radius 1 is 1.07 bits per heavy atom. The number of guanidine groups is 1. The van der Waals surface area contributed by atoms with E-state index in [1.807, 2.05) is 6.07 Å². The number of nitrogens with two attached hydrogens (primary N) is 2. The molecule has 2 rings (SSSR count). The average Bonchev–Trinajstić information content (AvgIpc) is 2.60. The molecule has 0 saturated carbocycles. The lowest BCUT2D eigenvalue weighted by molar-refractivity contribution is 0.137. The van der Waals surface area contributed by atoms with Gasteiger partial charge in [0.25, 0.3) is 0 Å². The summed E-state index contributed by atoms with van der Waals surface area (Å²) in [6.07, 6.45) is -1.00. The maximum absolute atomic E-state index is 11.9. The molecule has 0 aliphatic heterocycles. The summed E-state index contributed by atoms with van der Waals surface area (Å²) in [7, 11) is -4.60. The highest BCUT2D eigenvalue weighted by molar-refractivity contribution is 7.52. The number of ether oxygens (including phenoxy) is 1. The van der Waals surface area contributed by atoms with Crippen molar-refractivity contribution in [2.24, 2.45) is 16.5 Å². The Hall–Kier alpha value is -2.87. The van der Waals surface area contributed by atoms with Gasteiger partial charge in [0.15, 0.2) is 5.96 Å². The molecule has 2 aromatic rings. The van der Waals surface area contributed by atoms with Gasteiger partial charge in [-0.1, -0.05) is 42.5 Å². The van der Waals surface area contributed by atoms with Gasteiger partial charge in [-0.25, -0.2) is 9.79 Å². The molecule has 1 unspecified atom stereocenters. The summed E-state index contributed by atoms with van der Waals surface area (Å²) in [5.74, 6) is -1.52. The van der Waals surface area contributed by atoms with Gasteiger partial charge in [0.2, 0.25) is 0 Å². The highest BCUT2D eigenvalue weighted by atomic mass is 31.2. The Kier molecular flexibility index (Phi) is 6.95. The third-order valence-corrected chi connectivity index (χ3v) is 4.65. The van der Waals surface area contributed by atoms with Crippen molar-refractivity contribution >= 4 is 25.3 Å². The molecule has 0 aromatic heterocycles. The molecule has 0 aliphatic rings. The molecule has 10 heteroatoms. The van der Waals surface area contributed by atoms with E-state index in [0.717, 1.165) is 5.56 Å². The molecular formula is C17H21N4O5P. The van der Waals surface area contributed by atoms with Crippen molar-refractivity contribution in [1.29, 1.82) is 0 Å². The second-order valence-electron chi connectivity index (χ2n) is 5.72. The molecule has 0 heterocycles. The molecule has 0 spiro atoms. The maximum Gasteiger partial charge on any atom is 0.408 e. The molecule has 144 valence electrons. The predicted octanol–water partition coefficient (Wildman–Crippen LogP) is 1.56. The Morgan fingerprint density at radius 2 is 1.70 bits per heavy atom. The third kappa shape index (κ3) is 7.10. The van der Waals surface area contributed by atoms with Crippen LogP contribution in [0.5, 0.6) is 0 Å². The minimum Gasteiger partial charge on any atom is -0.445 e. The van der Waals surface area contributed by atoms with Crippen molar-refractivity contribution in [2.75, 3.05) is 0 Å². The largest absolute Gasteiger partial charge is 0.445 e. The van der Waals surface area contributed by atoms with Crippen LogP contribution >= 0.6 is 7.60 Å². The highest BCUT2D eigenvalue weighted by Crippen LogP contribution is 2.41. The molecule has 0 aliphatic carbocycles. The lowest BCUT2D eigenvalue weighted by atomic mass is 10.1. The Balaban J connectivity index is 1.99. The number of nitrogens with one attached hydrogen (secondary N) is 1. The zero-order valence-corrected chi connectivity index (χ0v) is 15.3. The predicted molar refractivity (Wildman–Crippen MR) is 101 cm³/mol. The standard InChI is InChI=1S/C17H21N4O5P/c18-16(19)20-14-8-6-12(7-9-14)10-15(27(23,24)25)21-17(22)26-11-13-4-2-1-3-5-13/h1-9,15H,10-11H2,(H,21,22)(H4,18,19,20)(H2,23,24,25). The molecule has 1 amide bonds.